The fraction of sp³-hybridized carbons (Fsp3) is 0.438. The van der Waals surface area contributed by atoms with Crippen molar-refractivity contribution in [1.29, 1.82) is 0 Å². The van der Waals surface area contributed by atoms with E-state index in [2.05, 4.69) is 18.1 Å². The van der Waals surface area contributed by atoms with Gasteiger partial charge in [-0.2, -0.15) is 5.10 Å². The van der Waals surface area contributed by atoms with Gasteiger partial charge in [0.1, 0.15) is 5.75 Å². The molecular formula is C16H20N2O2. The molecule has 1 aromatic carbocycles. The third-order valence-electron chi connectivity index (χ3n) is 3.92. The van der Waals surface area contributed by atoms with Gasteiger partial charge in [-0.15, -0.1) is 0 Å². The van der Waals surface area contributed by atoms with Crippen LogP contribution in [0.25, 0.3) is 0 Å². The summed E-state index contributed by atoms with van der Waals surface area (Å²) in [5.41, 5.74) is 2.21. The molecule has 0 bridgehead atoms. The maximum absolute atomic E-state index is 10.6. The van der Waals surface area contributed by atoms with Crippen molar-refractivity contribution in [2.45, 2.75) is 38.3 Å². The van der Waals surface area contributed by atoms with Gasteiger partial charge < -0.3 is 9.84 Å². The molecule has 2 atom stereocenters. The monoisotopic (exact) mass is 272 g/mol. The minimum Gasteiger partial charge on any atom is -0.493 e. The third kappa shape index (κ3) is 2.56. The zero-order valence-corrected chi connectivity index (χ0v) is 11.7. The van der Waals surface area contributed by atoms with Crippen LogP contribution in [-0.4, -0.2) is 27.6 Å². The lowest BCUT2D eigenvalue weighted by Crippen LogP contribution is -2.26. The second-order valence-corrected chi connectivity index (χ2v) is 5.26. The summed E-state index contributed by atoms with van der Waals surface area (Å²) in [4.78, 5) is 0. The fourth-order valence-corrected chi connectivity index (χ4v) is 2.84. The van der Waals surface area contributed by atoms with Crippen molar-refractivity contribution in [1.82, 2.24) is 9.78 Å². The van der Waals surface area contributed by atoms with E-state index in [-0.39, 0.29) is 5.92 Å². The van der Waals surface area contributed by atoms with Gasteiger partial charge in [-0.1, -0.05) is 18.2 Å². The number of aryl methyl sites for hydroxylation is 1. The SMILES string of the molecule is CCn1cc(CC(O)C2CCOc3ccccc32)cn1. The zero-order valence-electron chi connectivity index (χ0n) is 11.7. The van der Waals surface area contributed by atoms with Crippen LogP contribution in [0.1, 0.15) is 30.4 Å². The van der Waals surface area contributed by atoms with E-state index in [0.717, 1.165) is 29.8 Å². The highest BCUT2D eigenvalue weighted by atomic mass is 16.5. The van der Waals surface area contributed by atoms with Crippen LogP contribution in [0.4, 0.5) is 0 Å². The minimum absolute atomic E-state index is 0.143. The van der Waals surface area contributed by atoms with Crippen molar-refractivity contribution in [2.75, 3.05) is 6.61 Å². The maximum atomic E-state index is 10.6. The van der Waals surface area contributed by atoms with Crippen LogP contribution in [-0.2, 0) is 13.0 Å². The molecule has 1 aliphatic heterocycles. The predicted molar refractivity (Wildman–Crippen MR) is 76.9 cm³/mol. The summed E-state index contributed by atoms with van der Waals surface area (Å²) in [6.45, 7) is 3.59. The molecule has 0 amide bonds. The zero-order chi connectivity index (χ0) is 13.9. The maximum Gasteiger partial charge on any atom is 0.122 e. The first kappa shape index (κ1) is 13.2. The predicted octanol–water partition coefficient (Wildman–Crippen LogP) is 2.37. The standard InChI is InChI=1S/C16H20N2O2/c1-2-18-11-12(10-17-18)9-15(19)13-7-8-20-16-6-4-3-5-14(13)16/h3-6,10-11,13,15,19H,2,7-9H2,1H3. The fourth-order valence-electron chi connectivity index (χ4n) is 2.84. The summed E-state index contributed by atoms with van der Waals surface area (Å²) < 4.78 is 7.54. The molecule has 1 aromatic heterocycles. The van der Waals surface area contributed by atoms with Crippen molar-refractivity contribution in [3.05, 3.63) is 47.8 Å². The molecule has 106 valence electrons. The lowest BCUT2D eigenvalue weighted by atomic mass is 9.86. The number of hydrogen-bond donors (Lipinski definition) is 1. The van der Waals surface area contributed by atoms with Gasteiger partial charge in [-0.3, -0.25) is 4.68 Å². The number of ether oxygens (including phenoxy) is 1. The third-order valence-corrected chi connectivity index (χ3v) is 3.92. The molecule has 2 unspecified atom stereocenters. The van der Waals surface area contributed by atoms with Gasteiger partial charge in [0.2, 0.25) is 0 Å². The highest BCUT2D eigenvalue weighted by Crippen LogP contribution is 2.36. The Kier molecular flexibility index (Phi) is 3.74. The number of rotatable bonds is 4. The van der Waals surface area contributed by atoms with Crippen LogP contribution in [0, 0.1) is 0 Å². The average molecular weight is 272 g/mol. The van der Waals surface area contributed by atoms with E-state index in [9.17, 15) is 5.11 Å². The number of aromatic nitrogens is 2. The Labute approximate surface area is 119 Å². The van der Waals surface area contributed by atoms with Crippen LogP contribution < -0.4 is 4.74 Å². The Hall–Kier alpha value is -1.81. The molecule has 20 heavy (non-hydrogen) atoms. The van der Waals surface area contributed by atoms with Gasteiger partial charge in [0.25, 0.3) is 0 Å². The first-order valence-corrected chi connectivity index (χ1v) is 7.19. The van der Waals surface area contributed by atoms with E-state index >= 15 is 0 Å². The minimum atomic E-state index is -0.394. The summed E-state index contributed by atoms with van der Waals surface area (Å²) in [6.07, 6.45) is 4.96. The van der Waals surface area contributed by atoms with Crippen LogP contribution in [0.3, 0.4) is 0 Å². The van der Waals surface area contributed by atoms with E-state index < -0.39 is 6.10 Å². The van der Waals surface area contributed by atoms with Crippen LogP contribution >= 0.6 is 0 Å². The number of fused-ring (bicyclic) bond motifs is 1. The number of para-hydroxylation sites is 1. The largest absolute Gasteiger partial charge is 0.493 e. The topological polar surface area (TPSA) is 47.3 Å². The van der Waals surface area contributed by atoms with Gasteiger partial charge in [-0.25, -0.2) is 0 Å². The summed E-state index contributed by atoms with van der Waals surface area (Å²) in [7, 11) is 0. The van der Waals surface area contributed by atoms with Gasteiger partial charge in [0.05, 0.1) is 18.9 Å². The Morgan fingerprint density at radius 3 is 3.10 bits per heavy atom. The molecule has 0 radical (unpaired) electrons. The molecular weight excluding hydrogens is 252 g/mol. The summed E-state index contributed by atoms with van der Waals surface area (Å²) >= 11 is 0. The lowest BCUT2D eigenvalue weighted by Gasteiger charge is -2.29. The summed E-state index contributed by atoms with van der Waals surface area (Å²) in [5.74, 6) is 1.05. The molecule has 4 nitrogen and oxygen atoms in total. The second-order valence-electron chi connectivity index (χ2n) is 5.26. The Morgan fingerprint density at radius 2 is 2.30 bits per heavy atom. The van der Waals surface area contributed by atoms with Gasteiger partial charge in [-0.05, 0) is 30.5 Å². The van der Waals surface area contributed by atoms with Crippen LogP contribution in [0.15, 0.2) is 36.7 Å². The summed E-state index contributed by atoms with van der Waals surface area (Å²) in [6, 6.07) is 8.00. The van der Waals surface area contributed by atoms with Crippen molar-refractivity contribution < 1.29 is 9.84 Å². The number of hydrogen-bond acceptors (Lipinski definition) is 3. The molecule has 0 saturated heterocycles. The molecule has 3 rings (SSSR count). The van der Waals surface area contributed by atoms with Crippen molar-refractivity contribution >= 4 is 0 Å². The highest BCUT2D eigenvalue weighted by molar-refractivity contribution is 5.38. The number of aliphatic hydroxyl groups is 1. The number of benzene rings is 1. The normalized spacial score (nSPS) is 19.2. The molecule has 1 aliphatic rings. The molecule has 0 aliphatic carbocycles. The van der Waals surface area contributed by atoms with E-state index in [1.165, 1.54) is 0 Å². The average Bonchev–Trinajstić information content (AvgIpc) is 2.94. The molecule has 2 aromatic rings. The van der Waals surface area contributed by atoms with Gasteiger partial charge >= 0.3 is 0 Å². The van der Waals surface area contributed by atoms with E-state index in [1.54, 1.807) is 0 Å². The van der Waals surface area contributed by atoms with E-state index in [4.69, 9.17) is 4.74 Å². The molecule has 0 spiro atoms. The first-order valence-electron chi connectivity index (χ1n) is 7.19. The van der Waals surface area contributed by atoms with Crippen molar-refractivity contribution in [3.8, 4) is 5.75 Å². The Morgan fingerprint density at radius 1 is 1.45 bits per heavy atom. The molecule has 0 saturated carbocycles. The lowest BCUT2D eigenvalue weighted by molar-refractivity contribution is 0.116. The van der Waals surface area contributed by atoms with E-state index in [1.807, 2.05) is 35.3 Å². The summed E-state index contributed by atoms with van der Waals surface area (Å²) in [5, 5.41) is 14.8. The van der Waals surface area contributed by atoms with E-state index in [0.29, 0.717) is 13.0 Å². The Balaban J connectivity index is 1.76. The smallest absolute Gasteiger partial charge is 0.122 e. The van der Waals surface area contributed by atoms with Crippen LogP contribution in [0.5, 0.6) is 5.75 Å². The second kappa shape index (κ2) is 5.67. The number of aliphatic hydroxyl groups excluding tert-OH is 1. The van der Waals surface area contributed by atoms with Gasteiger partial charge in [0, 0.05) is 25.1 Å². The van der Waals surface area contributed by atoms with Crippen LogP contribution in [0.2, 0.25) is 0 Å². The quantitative estimate of drug-likeness (QED) is 0.929. The molecule has 2 heterocycles. The molecule has 4 heteroatoms. The molecule has 0 fully saturated rings. The number of nitrogens with zero attached hydrogens (tertiary/aromatic N) is 2. The van der Waals surface area contributed by atoms with Crippen molar-refractivity contribution in [3.63, 3.8) is 0 Å². The van der Waals surface area contributed by atoms with Gasteiger partial charge in [0.15, 0.2) is 0 Å². The highest BCUT2D eigenvalue weighted by Gasteiger charge is 2.27. The van der Waals surface area contributed by atoms with Crippen molar-refractivity contribution in [2.24, 2.45) is 0 Å². The first-order chi connectivity index (χ1) is 9.78. The Bertz CT molecular complexity index is 579. The molecule has 1 N–H and O–H groups in total.